The van der Waals surface area contributed by atoms with Crippen molar-refractivity contribution in [3.63, 3.8) is 0 Å². The quantitative estimate of drug-likeness (QED) is 0.676. The van der Waals surface area contributed by atoms with Crippen molar-refractivity contribution in [2.75, 3.05) is 32.6 Å². The van der Waals surface area contributed by atoms with Crippen molar-refractivity contribution in [1.82, 2.24) is 5.32 Å². The lowest BCUT2D eigenvalue weighted by molar-refractivity contribution is -0.0328. The van der Waals surface area contributed by atoms with Crippen molar-refractivity contribution < 1.29 is 17.9 Å². The van der Waals surface area contributed by atoms with Crippen LogP contribution in [0, 0.1) is 0 Å². The predicted molar refractivity (Wildman–Crippen MR) is 82.1 cm³/mol. The van der Waals surface area contributed by atoms with Crippen molar-refractivity contribution in [1.29, 1.82) is 0 Å². The Morgan fingerprint density at radius 2 is 1.95 bits per heavy atom. The topological polar surface area (TPSA) is 21.3 Å². The number of methoxy groups -OCH3 is 1. The van der Waals surface area contributed by atoms with Crippen LogP contribution in [0.2, 0.25) is 5.02 Å². The summed E-state index contributed by atoms with van der Waals surface area (Å²) < 4.78 is 41.6. The lowest BCUT2D eigenvalue weighted by atomic mass is 9.96. The summed E-state index contributed by atoms with van der Waals surface area (Å²) in [5.41, 5.74) is -3.18. The van der Waals surface area contributed by atoms with E-state index in [1.807, 2.05) is 12.1 Å². The number of thioether (sulfide) groups is 1. The zero-order valence-electron chi connectivity index (χ0n) is 11.8. The highest BCUT2D eigenvalue weighted by Gasteiger charge is 2.28. The second kappa shape index (κ2) is 9.56. The Labute approximate surface area is 132 Å². The van der Waals surface area contributed by atoms with Crippen LogP contribution in [0.5, 0.6) is 0 Å². The van der Waals surface area contributed by atoms with Gasteiger partial charge in [0.1, 0.15) is 0 Å². The van der Waals surface area contributed by atoms with Gasteiger partial charge in [-0.2, -0.15) is 13.2 Å². The third-order valence-electron chi connectivity index (χ3n) is 2.95. The van der Waals surface area contributed by atoms with Crippen LogP contribution in [0.25, 0.3) is 0 Å². The summed E-state index contributed by atoms with van der Waals surface area (Å²) in [6.07, 6.45) is 0.450. The van der Waals surface area contributed by atoms with Gasteiger partial charge in [-0.3, -0.25) is 0 Å². The molecule has 0 spiro atoms. The average molecular weight is 342 g/mol. The maximum Gasteiger partial charge on any atom is 0.441 e. The minimum Gasteiger partial charge on any atom is -0.383 e. The van der Waals surface area contributed by atoms with Gasteiger partial charge in [0, 0.05) is 31.0 Å². The predicted octanol–water partition coefficient (Wildman–Crippen LogP) is 4.30. The van der Waals surface area contributed by atoms with E-state index in [0.29, 0.717) is 31.1 Å². The molecule has 0 aliphatic heterocycles. The second-order valence-corrected chi connectivity index (χ2v) is 6.12. The first-order chi connectivity index (χ1) is 9.92. The molecule has 0 aliphatic carbocycles. The van der Waals surface area contributed by atoms with Crippen LogP contribution < -0.4 is 5.32 Å². The standard InChI is InChI=1S/C14H19ClF3NOS/c1-20-8-7-19-10-12(6-9-21-14(16,17)18)11-2-4-13(15)5-3-11/h2-5,12,19H,6-10H2,1H3. The number of hydrogen-bond acceptors (Lipinski definition) is 3. The maximum absolute atomic E-state index is 12.2. The molecule has 0 heterocycles. The van der Waals surface area contributed by atoms with Gasteiger partial charge in [0.2, 0.25) is 0 Å². The maximum atomic E-state index is 12.2. The molecule has 0 amide bonds. The van der Waals surface area contributed by atoms with Gasteiger partial charge in [0.15, 0.2) is 0 Å². The molecule has 1 unspecified atom stereocenters. The van der Waals surface area contributed by atoms with E-state index in [1.165, 1.54) is 0 Å². The molecule has 0 saturated heterocycles. The lowest BCUT2D eigenvalue weighted by Gasteiger charge is -2.18. The van der Waals surface area contributed by atoms with E-state index in [9.17, 15) is 13.2 Å². The molecule has 120 valence electrons. The van der Waals surface area contributed by atoms with Crippen LogP contribution in [0.4, 0.5) is 13.2 Å². The highest BCUT2D eigenvalue weighted by molar-refractivity contribution is 8.00. The van der Waals surface area contributed by atoms with E-state index >= 15 is 0 Å². The van der Waals surface area contributed by atoms with Gasteiger partial charge in [-0.15, -0.1) is 0 Å². The van der Waals surface area contributed by atoms with E-state index < -0.39 is 5.51 Å². The van der Waals surface area contributed by atoms with Crippen LogP contribution in [-0.4, -0.2) is 38.1 Å². The number of alkyl halides is 3. The molecule has 21 heavy (non-hydrogen) atoms. The Kier molecular flexibility index (Phi) is 8.48. The zero-order chi connectivity index (χ0) is 15.7. The lowest BCUT2D eigenvalue weighted by Crippen LogP contribution is -2.25. The Morgan fingerprint density at radius 3 is 2.52 bits per heavy atom. The van der Waals surface area contributed by atoms with E-state index in [2.05, 4.69) is 5.32 Å². The Bertz CT molecular complexity index is 400. The molecule has 1 aromatic rings. The molecular formula is C14H19ClF3NOS. The molecule has 0 aliphatic rings. The second-order valence-electron chi connectivity index (χ2n) is 4.53. The third kappa shape index (κ3) is 8.56. The minimum absolute atomic E-state index is 0.0222. The van der Waals surface area contributed by atoms with Crippen LogP contribution in [0.15, 0.2) is 24.3 Å². The van der Waals surface area contributed by atoms with Crippen LogP contribution in [0.3, 0.4) is 0 Å². The minimum atomic E-state index is -4.17. The number of ether oxygens (including phenoxy) is 1. The van der Waals surface area contributed by atoms with Crippen LogP contribution in [0.1, 0.15) is 17.9 Å². The smallest absolute Gasteiger partial charge is 0.383 e. The fourth-order valence-electron chi connectivity index (χ4n) is 1.89. The number of halogens is 4. The number of nitrogens with one attached hydrogen (secondary N) is 1. The van der Waals surface area contributed by atoms with Crippen molar-refractivity contribution in [3.05, 3.63) is 34.9 Å². The summed E-state index contributed by atoms with van der Waals surface area (Å²) in [5, 5.41) is 3.82. The van der Waals surface area contributed by atoms with Crippen molar-refractivity contribution in [2.45, 2.75) is 17.8 Å². The molecule has 0 saturated carbocycles. The summed E-state index contributed by atoms with van der Waals surface area (Å²) in [6, 6.07) is 7.25. The zero-order valence-corrected chi connectivity index (χ0v) is 13.3. The molecule has 1 rings (SSSR count). The van der Waals surface area contributed by atoms with Crippen molar-refractivity contribution in [3.8, 4) is 0 Å². The highest BCUT2D eigenvalue weighted by atomic mass is 35.5. The van der Waals surface area contributed by atoms with Gasteiger partial charge in [0.25, 0.3) is 0 Å². The monoisotopic (exact) mass is 341 g/mol. The molecule has 0 radical (unpaired) electrons. The first-order valence-electron chi connectivity index (χ1n) is 6.58. The molecule has 0 fully saturated rings. The number of benzene rings is 1. The summed E-state index contributed by atoms with van der Waals surface area (Å²) in [6.45, 7) is 1.86. The molecular weight excluding hydrogens is 323 g/mol. The van der Waals surface area contributed by atoms with E-state index in [-0.39, 0.29) is 23.4 Å². The Morgan fingerprint density at radius 1 is 1.29 bits per heavy atom. The molecule has 7 heteroatoms. The molecule has 1 atom stereocenters. The van der Waals surface area contributed by atoms with E-state index in [1.54, 1.807) is 19.2 Å². The van der Waals surface area contributed by atoms with Crippen LogP contribution >= 0.6 is 23.4 Å². The summed E-state index contributed by atoms with van der Waals surface area (Å²) in [4.78, 5) is 0. The normalized spacial score (nSPS) is 13.4. The number of hydrogen-bond donors (Lipinski definition) is 1. The van der Waals surface area contributed by atoms with Gasteiger partial charge < -0.3 is 10.1 Å². The Hall–Kier alpha value is -0.430. The fourth-order valence-corrected chi connectivity index (χ4v) is 2.65. The third-order valence-corrected chi connectivity index (χ3v) is 3.97. The summed E-state index contributed by atoms with van der Waals surface area (Å²) in [7, 11) is 1.61. The van der Waals surface area contributed by atoms with Gasteiger partial charge in [-0.25, -0.2) is 0 Å². The highest BCUT2D eigenvalue weighted by Crippen LogP contribution is 2.32. The summed E-state index contributed by atoms with van der Waals surface area (Å²) in [5.74, 6) is 0.0666. The van der Waals surface area contributed by atoms with Gasteiger partial charge >= 0.3 is 5.51 Å². The first kappa shape index (κ1) is 18.6. The molecule has 0 aromatic heterocycles. The molecule has 1 N–H and O–H groups in total. The SMILES string of the molecule is COCCNCC(CCSC(F)(F)F)c1ccc(Cl)cc1. The molecule has 0 bridgehead atoms. The Balaban J connectivity index is 2.54. The molecule has 2 nitrogen and oxygen atoms in total. The number of rotatable bonds is 9. The van der Waals surface area contributed by atoms with Crippen molar-refractivity contribution in [2.24, 2.45) is 0 Å². The van der Waals surface area contributed by atoms with E-state index in [4.69, 9.17) is 16.3 Å². The largest absolute Gasteiger partial charge is 0.441 e. The first-order valence-corrected chi connectivity index (χ1v) is 7.94. The van der Waals surface area contributed by atoms with E-state index in [0.717, 1.165) is 5.56 Å². The van der Waals surface area contributed by atoms with Gasteiger partial charge in [-0.05, 0) is 30.0 Å². The van der Waals surface area contributed by atoms with Gasteiger partial charge in [-0.1, -0.05) is 35.5 Å². The summed E-state index contributed by atoms with van der Waals surface area (Å²) >= 11 is 5.87. The van der Waals surface area contributed by atoms with Gasteiger partial charge in [0.05, 0.1) is 6.61 Å². The fraction of sp³-hybridized carbons (Fsp3) is 0.571. The molecule has 1 aromatic carbocycles. The average Bonchev–Trinajstić information content (AvgIpc) is 2.41. The van der Waals surface area contributed by atoms with Crippen LogP contribution in [-0.2, 0) is 4.74 Å². The van der Waals surface area contributed by atoms with Crippen molar-refractivity contribution >= 4 is 23.4 Å².